The van der Waals surface area contributed by atoms with Crippen LogP contribution in [0.5, 0.6) is 0 Å². The SMILES string of the molecule is [N-]=[N+]=NC(c1c(F)cccc1F)c1cccc2ccccc12. The standard InChI is InChI=1S/C17H11F2N3/c18-14-9-4-10-15(19)16(14)17(21-22-20)13-8-3-6-11-5-1-2-7-12(11)13/h1-10,17H. The van der Waals surface area contributed by atoms with Crippen LogP contribution in [0.3, 0.4) is 0 Å². The molecule has 1 unspecified atom stereocenters. The van der Waals surface area contributed by atoms with E-state index in [1.165, 1.54) is 6.07 Å². The van der Waals surface area contributed by atoms with E-state index in [-0.39, 0.29) is 5.56 Å². The molecule has 0 bridgehead atoms. The fourth-order valence-electron chi connectivity index (χ4n) is 2.59. The number of hydrogen-bond acceptors (Lipinski definition) is 1. The summed E-state index contributed by atoms with van der Waals surface area (Å²) in [6.45, 7) is 0. The summed E-state index contributed by atoms with van der Waals surface area (Å²) in [5, 5.41) is 5.35. The maximum absolute atomic E-state index is 14.1. The van der Waals surface area contributed by atoms with Crippen LogP contribution in [0.15, 0.2) is 65.8 Å². The van der Waals surface area contributed by atoms with Crippen LogP contribution in [0.1, 0.15) is 17.2 Å². The molecule has 0 fully saturated rings. The zero-order valence-corrected chi connectivity index (χ0v) is 11.4. The van der Waals surface area contributed by atoms with Crippen LogP contribution >= 0.6 is 0 Å². The van der Waals surface area contributed by atoms with Crippen molar-refractivity contribution in [2.24, 2.45) is 5.11 Å². The lowest BCUT2D eigenvalue weighted by molar-refractivity contribution is 0.543. The van der Waals surface area contributed by atoms with E-state index >= 15 is 0 Å². The van der Waals surface area contributed by atoms with Gasteiger partial charge in [0.1, 0.15) is 11.6 Å². The van der Waals surface area contributed by atoms with Gasteiger partial charge in [-0.05, 0) is 34.0 Å². The molecule has 0 aliphatic carbocycles. The fraction of sp³-hybridized carbons (Fsp3) is 0.0588. The third-order valence-electron chi connectivity index (χ3n) is 3.56. The van der Waals surface area contributed by atoms with Crippen LogP contribution in [0.4, 0.5) is 8.78 Å². The third kappa shape index (κ3) is 2.38. The quantitative estimate of drug-likeness (QED) is 0.347. The van der Waals surface area contributed by atoms with E-state index in [0.717, 1.165) is 22.9 Å². The predicted molar refractivity (Wildman–Crippen MR) is 81.3 cm³/mol. The molecule has 108 valence electrons. The van der Waals surface area contributed by atoms with Gasteiger partial charge < -0.3 is 0 Å². The number of azide groups is 1. The van der Waals surface area contributed by atoms with E-state index < -0.39 is 17.7 Å². The van der Waals surface area contributed by atoms with E-state index in [9.17, 15) is 8.78 Å². The van der Waals surface area contributed by atoms with Crippen LogP contribution < -0.4 is 0 Å². The molecular formula is C17H11F2N3. The van der Waals surface area contributed by atoms with Crippen molar-refractivity contribution >= 4 is 10.8 Å². The molecule has 0 saturated carbocycles. The maximum Gasteiger partial charge on any atom is 0.130 e. The Bertz CT molecular complexity index is 860. The van der Waals surface area contributed by atoms with Gasteiger partial charge in [0.25, 0.3) is 0 Å². The Morgan fingerprint density at radius 3 is 2.23 bits per heavy atom. The average molecular weight is 295 g/mol. The molecule has 0 spiro atoms. The van der Waals surface area contributed by atoms with Gasteiger partial charge in [-0.1, -0.05) is 53.6 Å². The third-order valence-corrected chi connectivity index (χ3v) is 3.56. The minimum Gasteiger partial charge on any atom is -0.207 e. The summed E-state index contributed by atoms with van der Waals surface area (Å²) in [7, 11) is 0. The first-order valence-electron chi connectivity index (χ1n) is 6.68. The maximum atomic E-state index is 14.1. The highest BCUT2D eigenvalue weighted by Crippen LogP contribution is 2.34. The number of benzene rings is 3. The number of fused-ring (bicyclic) bond motifs is 1. The second-order valence-corrected chi connectivity index (χ2v) is 4.81. The lowest BCUT2D eigenvalue weighted by atomic mass is 9.93. The minimum absolute atomic E-state index is 0.239. The summed E-state index contributed by atoms with van der Waals surface area (Å²) in [5.74, 6) is -1.46. The van der Waals surface area contributed by atoms with E-state index in [2.05, 4.69) is 10.0 Å². The van der Waals surface area contributed by atoms with E-state index in [1.54, 1.807) is 12.1 Å². The molecular weight excluding hydrogens is 284 g/mol. The first-order valence-corrected chi connectivity index (χ1v) is 6.68. The van der Waals surface area contributed by atoms with Gasteiger partial charge in [0.2, 0.25) is 0 Å². The summed E-state index contributed by atoms with van der Waals surface area (Å²) < 4.78 is 28.2. The van der Waals surface area contributed by atoms with E-state index in [1.807, 2.05) is 30.3 Å². The van der Waals surface area contributed by atoms with Gasteiger partial charge >= 0.3 is 0 Å². The first-order chi connectivity index (χ1) is 10.7. The minimum atomic E-state index is -1.06. The number of rotatable bonds is 3. The van der Waals surface area contributed by atoms with Crippen molar-refractivity contribution in [3.8, 4) is 0 Å². The van der Waals surface area contributed by atoms with E-state index in [0.29, 0.717) is 5.56 Å². The number of halogens is 2. The average Bonchev–Trinajstić information content (AvgIpc) is 2.53. The summed E-state index contributed by atoms with van der Waals surface area (Å²) in [5.41, 5.74) is 9.16. The Balaban J connectivity index is 2.30. The van der Waals surface area contributed by atoms with Gasteiger partial charge in [0.05, 0.1) is 6.04 Å². The van der Waals surface area contributed by atoms with Gasteiger partial charge in [-0.2, -0.15) is 0 Å². The highest BCUT2D eigenvalue weighted by Gasteiger charge is 2.22. The second kappa shape index (κ2) is 5.84. The highest BCUT2D eigenvalue weighted by atomic mass is 19.1. The Hall–Kier alpha value is -2.91. The lowest BCUT2D eigenvalue weighted by Gasteiger charge is -2.16. The molecule has 0 N–H and O–H groups in total. The monoisotopic (exact) mass is 295 g/mol. The zero-order chi connectivity index (χ0) is 15.5. The number of hydrogen-bond donors (Lipinski definition) is 0. The number of nitrogens with zero attached hydrogens (tertiary/aromatic N) is 3. The zero-order valence-electron chi connectivity index (χ0n) is 11.4. The molecule has 0 aromatic heterocycles. The molecule has 0 saturated heterocycles. The van der Waals surface area contributed by atoms with Gasteiger partial charge in [0, 0.05) is 10.5 Å². The predicted octanol–water partition coefficient (Wildman–Crippen LogP) is 5.52. The van der Waals surface area contributed by atoms with Gasteiger partial charge in [0.15, 0.2) is 0 Å². The van der Waals surface area contributed by atoms with Gasteiger partial charge in [-0.3, -0.25) is 0 Å². The Morgan fingerprint density at radius 1 is 0.864 bits per heavy atom. The summed E-state index contributed by atoms with van der Waals surface area (Å²) >= 11 is 0. The topological polar surface area (TPSA) is 48.8 Å². The van der Waals surface area contributed by atoms with Crippen LogP contribution in [0.25, 0.3) is 21.2 Å². The molecule has 3 rings (SSSR count). The molecule has 0 aliphatic heterocycles. The molecule has 5 heteroatoms. The first kappa shape index (κ1) is 14.0. The van der Waals surface area contributed by atoms with Crippen LogP contribution in [-0.2, 0) is 0 Å². The van der Waals surface area contributed by atoms with Crippen LogP contribution in [-0.4, -0.2) is 0 Å². The molecule has 1 atom stereocenters. The molecule has 3 nitrogen and oxygen atoms in total. The smallest absolute Gasteiger partial charge is 0.130 e. The van der Waals surface area contributed by atoms with Gasteiger partial charge in [-0.25, -0.2) is 8.78 Å². The molecule has 22 heavy (non-hydrogen) atoms. The molecule has 3 aromatic rings. The Morgan fingerprint density at radius 2 is 1.50 bits per heavy atom. The van der Waals surface area contributed by atoms with Gasteiger partial charge in [-0.15, -0.1) is 0 Å². The fourth-order valence-corrected chi connectivity index (χ4v) is 2.59. The molecule has 0 radical (unpaired) electrons. The molecule has 3 aromatic carbocycles. The second-order valence-electron chi connectivity index (χ2n) is 4.81. The van der Waals surface area contributed by atoms with Crippen LogP contribution in [0, 0.1) is 11.6 Å². The molecule has 0 heterocycles. The summed E-state index contributed by atoms with van der Waals surface area (Å²) in [4.78, 5) is 2.77. The Kier molecular flexibility index (Phi) is 3.73. The lowest BCUT2D eigenvalue weighted by Crippen LogP contribution is -2.04. The van der Waals surface area contributed by atoms with Crippen molar-refractivity contribution in [2.75, 3.05) is 0 Å². The Labute approximate surface area is 125 Å². The summed E-state index contributed by atoms with van der Waals surface area (Å²) in [6.07, 6.45) is 0. The van der Waals surface area contributed by atoms with Crippen molar-refractivity contribution in [1.82, 2.24) is 0 Å². The summed E-state index contributed by atoms with van der Waals surface area (Å²) in [6, 6.07) is 15.4. The molecule has 0 amide bonds. The van der Waals surface area contributed by atoms with Crippen molar-refractivity contribution in [1.29, 1.82) is 0 Å². The molecule has 0 aliphatic rings. The van der Waals surface area contributed by atoms with E-state index in [4.69, 9.17) is 5.53 Å². The van der Waals surface area contributed by atoms with Crippen LogP contribution in [0.2, 0.25) is 0 Å². The van der Waals surface area contributed by atoms with Crippen molar-refractivity contribution in [3.63, 3.8) is 0 Å². The largest absolute Gasteiger partial charge is 0.207 e. The normalized spacial score (nSPS) is 11.9. The van der Waals surface area contributed by atoms with Crippen molar-refractivity contribution < 1.29 is 8.78 Å². The van der Waals surface area contributed by atoms with Crippen molar-refractivity contribution in [2.45, 2.75) is 6.04 Å². The highest BCUT2D eigenvalue weighted by molar-refractivity contribution is 5.86. The van der Waals surface area contributed by atoms with Crippen molar-refractivity contribution in [3.05, 3.63) is 93.9 Å².